The molecule has 1 atom stereocenters. The van der Waals surface area contributed by atoms with Crippen molar-refractivity contribution in [1.82, 2.24) is 0 Å². The number of nitrogens with one attached hydrogen (secondary N) is 1. The van der Waals surface area contributed by atoms with E-state index in [1.165, 1.54) is 5.56 Å². The van der Waals surface area contributed by atoms with E-state index in [0.717, 1.165) is 5.56 Å². The average molecular weight is 341 g/mol. The lowest BCUT2D eigenvalue weighted by Gasteiger charge is -2.15. The Morgan fingerprint density at radius 1 is 1.04 bits per heavy atom. The van der Waals surface area contributed by atoms with Crippen LogP contribution >= 0.6 is 0 Å². The number of rotatable bonds is 6. The van der Waals surface area contributed by atoms with Crippen molar-refractivity contribution in [2.45, 2.75) is 33.8 Å². The van der Waals surface area contributed by atoms with E-state index in [1.54, 1.807) is 38.1 Å². The molecule has 5 heteroatoms. The zero-order valence-corrected chi connectivity index (χ0v) is 15.0. The van der Waals surface area contributed by atoms with Crippen molar-refractivity contribution in [3.05, 3.63) is 59.2 Å². The van der Waals surface area contributed by atoms with E-state index in [-0.39, 0.29) is 11.9 Å². The van der Waals surface area contributed by atoms with Crippen molar-refractivity contribution in [2.75, 3.05) is 11.9 Å². The van der Waals surface area contributed by atoms with Crippen molar-refractivity contribution >= 4 is 17.6 Å². The first-order valence-electron chi connectivity index (χ1n) is 8.22. The van der Waals surface area contributed by atoms with Crippen LogP contribution in [0.5, 0.6) is 5.75 Å². The Kier molecular flexibility index (Phi) is 6.17. The van der Waals surface area contributed by atoms with Gasteiger partial charge in [0.2, 0.25) is 0 Å². The monoisotopic (exact) mass is 341 g/mol. The predicted molar refractivity (Wildman–Crippen MR) is 97.0 cm³/mol. The molecule has 132 valence electrons. The van der Waals surface area contributed by atoms with Crippen molar-refractivity contribution in [3.8, 4) is 5.75 Å². The van der Waals surface area contributed by atoms with Crippen LogP contribution in [-0.2, 0) is 9.53 Å². The van der Waals surface area contributed by atoms with Gasteiger partial charge in [-0.15, -0.1) is 0 Å². The minimum absolute atomic E-state index is 0.262. The van der Waals surface area contributed by atoms with E-state index in [9.17, 15) is 9.59 Å². The Morgan fingerprint density at radius 3 is 2.32 bits per heavy atom. The molecule has 25 heavy (non-hydrogen) atoms. The minimum Gasteiger partial charge on any atom is -0.481 e. The highest BCUT2D eigenvalue weighted by molar-refractivity contribution is 5.95. The zero-order valence-electron chi connectivity index (χ0n) is 15.0. The fourth-order valence-electron chi connectivity index (χ4n) is 2.19. The lowest BCUT2D eigenvalue weighted by molar-refractivity contribution is -0.122. The summed E-state index contributed by atoms with van der Waals surface area (Å²) in [7, 11) is 0. The summed E-state index contributed by atoms with van der Waals surface area (Å²) >= 11 is 0. The van der Waals surface area contributed by atoms with Crippen LogP contribution in [0.3, 0.4) is 0 Å². The number of benzene rings is 2. The lowest BCUT2D eigenvalue weighted by atomic mass is 10.1. The highest BCUT2D eigenvalue weighted by Gasteiger charge is 2.15. The molecule has 0 bridgehead atoms. The average Bonchev–Trinajstić information content (AvgIpc) is 2.59. The fraction of sp³-hybridized carbons (Fsp3) is 0.300. The molecular weight excluding hydrogens is 318 g/mol. The van der Waals surface area contributed by atoms with Crippen LogP contribution in [-0.4, -0.2) is 24.6 Å². The number of hydrogen-bond donors (Lipinski definition) is 1. The molecule has 0 aromatic heterocycles. The maximum absolute atomic E-state index is 12.3. The Labute approximate surface area is 148 Å². The summed E-state index contributed by atoms with van der Waals surface area (Å²) in [6.07, 6.45) is -0.646. The normalized spacial score (nSPS) is 11.5. The van der Waals surface area contributed by atoms with Crippen LogP contribution < -0.4 is 10.1 Å². The molecule has 0 aliphatic heterocycles. The molecule has 1 N–H and O–H groups in total. The summed E-state index contributed by atoms with van der Waals surface area (Å²) in [5.41, 5.74) is 3.32. The molecule has 0 fully saturated rings. The molecule has 0 saturated carbocycles. The van der Waals surface area contributed by atoms with E-state index < -0.39 is 6.10 Å². The van der Waals surface area contributed by atoms with E-state index in [4.69, 9.17) is 9.47 Å². The van der Waals surface area contributed by atoms with Crippen molar-refractivity contribution in [3.63, 3.8) is 0 Å². The number of amides is 1. The van der Waals surface area contributed by atoms with Gasteiger partial charge in [0.25, 0.3) is 5.91 Å². The molecule has 0 aliphatic carbocycles. The van der Waals surface area contributed by atoms with Gasteiger partial charge in [0, 0.05) is 5.69 Å². The smallest absolute Gasteiger partial charge is 0.338 e. The minimum atomic E-state index is -0.646. The van der Waals surface area contributed by atoms with Gasteiger partial charge in [0.05, 0.1) is 12.2 Å². The topological polar surface area (TPSA) is 64.6 Å². The molecular formula is C20H23NO4. The Bertz CT molecular complexity index is 753. The summed E-state index contributed by atoms with van der Waals surface area (Å²) in [4.78, 5) is 23.9. The molecule has 0 aliphatic rings. The van der Waals surface area contributed by atoms with Crippen molar-refractivity contribution in [2.24, 2.45) is 0 Å². The molecule has 1 amide bonds. The second-order valence-electron chi connectivity index (χ2n) is 5.79. The van der Waals surface area contributed by atoms with Crippen molar-refractivity contribution in [1.29, 1.82) is 0 Å². The van der Waals surface area contributed by atoms with Gasteiger partial charge in [-0.25, -0.2) is 4.79 Å². The van der Waals surface area contributed by atoms with Crippen LogP contribution in [0.4, 0.5) is 5.69 Å². The third-order valence-corrected chi connectivity index (χ3v) is 3.82. The van der Waals surface area contributed by atoms with Crippen LogP contribution in [0.2, 0.25) is 0 Å². The number of carbonyl (C=O) groups is 2. The number of carbonyl (C=O) groups excluding carboxylic acids is 2. The number of anilines is 1. The Morgan fingerprint density at radius 2 is 1.72 bits per heavy atom. The lowest BCUT2D eigenvalue weighted by Crippen LogP contribution is -2.30. The molecule has 0 unspecified atom stereocenters. The number of hydrogen-bond acceptors (Lipinski definition) is 4. The molecule has 0 saturated heterocycles. The van der Waals surface area contributed by atoms with Gasteiger partial charge in [-0.3, -0.25) is 4.79 Å². The molecule has 0 radical (unpaired) electrons. The summed E-state index contributed by atoms with van der Waals surface area (Å²) in [6.45, 7) is 7.79. The van der Waals surface area contributed by atoms with Crippen LogP contribution in [0.25, 0.3) is 0 Å². The van der Waals surface area contributed by atoms with Gasteiger partial charge < -0.3 is 14.8 Å². The van der Waals surface area contributed by atoms with Gasteiger partial charge in [0.1, 0.15) is 5.75 Å². The third kappa shape index (κ3) is 5.08. The summed E-state index contributed by atoms with van der Waals surface area (Å²) in [5, 5.41) is 2.77. The highest BCUT2D eigenvalue weighted by Crippen LogP contribution is 2.18. The molecule has 0 spiro atoms. The number of ether oxygens (including phenoxy) is 2. The standard InChI is InChI=1S/C20H23NO4/c1-5-24-20(23)16-7-9-17(10-8-16)21-19(22)15(4)25-18-11-6-13(2)14(3)12-18/h6-12,15H,5H2,1-4H3,(H,21,22)/t15-/m1/s1. The quantitative estimate of drug-likeness (QED) is 0.810. The second-order valence-corrected chi connectivity index (χ2v) is 5.79. The number of esters is 1. The predicted octanol–water partition coefficient (Wildman–Crippen LogP) is 3.89. The first kappa shape index (κ1) is 18.5. The van der Waals surface area contributed by atoms with Gasteiger partial charge in [-0.1, -0.05) is 6.07 Å². The zero-order chi connectivity index (χ0) is 18.4. The molecule has 0 heterocycles. The first-order valence-corrected chi connectivity index (χ1v) is 8.22. The first-order chi connectivity index (χ1) is 11.9. The Balaban J connectivity index is 1.96. The molecule has 2 aromatic carbocycles. The summed E-state index contributed by atoms with van der Waals surface area (Å²) in [5.74, 6) is 0.0114. The van der Waals surface area contributed by atoms with Crippen LogP contribution in [0, 0.1) is 13.8 Å². The summed E-state index contributed by atoms with van der Waals surface area (Å²) in [6, 6.07) is 12.3. The van der Waals surface area contributed by atoms with E-state index >= 15 is 0 Å². The maximum atomic E-state index is 12.3. The summed E-state index contributed by atoms with van der Waals surface area (Å²) < 4.78 is 10.6. The van der Waals surface area contributed by atoms with Crippen LogP contribution in [0.1, 0.15) is 35.3 Å². The highest BCUT2D eigenvalue weighted by atomic mass is 16.5. The van der Waals surface area contributed by atoms with Gasteiger partial charge in [0.15, 0.2) is 6.10 Å². The third-order valence-electron chi connectivity index (χ3n) is 3.82. The fourth-order valence-corrected chi connectivity index (χ4v) is 2.19. The SMILES string of the molecule is CCOC(=O)c1ccc(NC(=O)[C@@H](C)Oc2ccc(C)c(C)c2)cc1. The van der Waals surface area contributed by atoms with E-state index in [2.05, 4.69) is 5.32 Å². The van der Waals surface area contributed by atoms with E-state index in [1.807, 2.05) is 32.0 Å². The second kappa shape index (κ2) is 8.33. The van der Waals surface area contributed by atoms with E-state index in [0.29, 0.717) is 23.6 Å². The molecule has 2 aromatic rings. The Hall–Kier alpha value is -2.82. The molecule has 2 rings (SSSR count). The molecule has 5 nitrogen and oxygen atoms in total. The van der Waals surface area contributed by atoms with Gasteiger partial charge >= 0.3 is 5.97 Å². The van der Waals surface area contributed by atoms with Crippen molar-refractivity contribution < 1.29 is 19.1 Å². The van der Waals surface area contributed by atoms with Crippen LogP contribution in [0.15, 0.2) is 42.5 Å². The number of aryl methyl sites for hydroxylation is 2. The largest absolute Gasteiger partial charge is 0.481 e. The maximum Gasteiger partial charge on any atom is 0.338 e. The van der Waals surface area contributed by atoms with Gasteiger partial charge in [-0.2, -0.15) is 0 Å². The van der Waals surface area contributed by atoms with Gasteiger partial charge in [-0.05, 0) is 75.2 Å².